The molecule has 1 aromatic rings. The van der Waals surface area contributed by atoms with Gasteiger partial charge in [-0.05, 0) is 17.7 Å². The molecule has 0 spiro atoms. The van der Waals surface area contributed by atoms with Crippen LogP contribution in [0, 0.1) is 0 Å². The van der Waals surface area contributed by atoms with E-state index in [0.29, 0.717) is 5.56 Å². The fraction of sp³-hybridized carbons (Fsp3) is 0.417. The third-order valence-corrected chi connectivity index (χ3v) is 5.35. The second-order valence-corrected chi connectivity index (χ2v) is 7.33. The number of amides is 1. The van der Waals surface area contributed by atoms with Gasteiger partial charge in [0.25, 0.3) is 0 Å². The lowest BCUT2D eigenvalue weighted by atomic mass is 10.1. The molecule has 1 amide bonds. The first-order valence-corrected chi connectivity index (χ1v) is 8.16. The molecule has 0 unspecified atom stereocenters. The Bertz CT molecular complexity index is 499. The molecule has 1 rings (SSSR count). The molecule has 20 heavy (non-hydrogen) atoms. The van der Waals surface area contributed by atoms with Gasteiger partial charge in [-0.25, -0.2) is 0 Å². The van der Waals surface area contributed by atoms with E-state index in [4.69, 9.17) is 9.05 Å². The summed E-state index contributed by atoms with van der Waals surface area (Å²) in [4.78, 5) is 11.3. The Morgan fingerprint density at radius 1 is 1.30 bits per heavy atom. The summed E-state index contributed by atoms with van der Waals surface area (Å²) in [5.74, 6) is -1.63. The van der Waals surface area contributed by atoms with Crippen LogP contribution >= 0.6 is 23.5 Å². The van der Waals surface area contributed by atoms with Gasteiger partial charge in [-0.1, -0.05) is 28.1 Å². The highest BCUT2D eigenvalue weighted by molar-refractivity contribution is 9.10. The summed E-state index contributed by atoms with van der Waals surface area (Å²) < 4.78 is 23.0. The molecule has 0 radical (unpaired) electrons. The minimum Gasteiger partial charge on any atom is -0.386 e. The molecule has 0 heterocycles. The summed E-state index contributed by atoms with van der Waals surface area (Å²) in [5, 5.41) is 12.8. The molecule has 1 aromatic carbocycles. The molecular formula is C12H17BrNO5P. The molecule has 0 saturated carbocycles. The highest BCUT2D eigenvalue weighted by Crippen LogP contribution is 2.54. The van der Waals surface area contributed by atoms with Crippen LogP contribution in [-0.4, -0.2) is 31.0 Å². The number of nitrogens with one attached hydrogen (secondary N) is 1. The predicted molar refractivity (Wildman–Crippen MR) is 78.3 cm³/mol. The second kappa shape index (κ2) is 7.33. The van der Waals surface area contributed by atoms with Crippen molar-refractivity contribution in [3.8, 4) is 0 Å². The fourth-order valence-electron chi connectivity index (χ4n) is 1.68. The second-order valence-electron chi connectivity index (χ2n) is 4.05. The Balaban J connectivity index is 3.13. The van der Waals surface area contributed by atoms with Crippen LogP contribution < -0.4 is 5.32 Å². The zero-order valence-electron chi connectivity index (χ0n) is 11.4. The van der Waals surface area contributed by atoms with Crippen LogP contribution in [0.1, 0.15) is 18.6 Å². The molecule has 0 aromatic heterocycles. The van der Waals surface area contributed by atoms with Crippen LogP contribution in [0.25, 0.3) is 0 Å². The largest absolute Gasteiger partial charge is 0.386 e. The van der Waals surface area contributed by atoms with Crippen molar-refractivity contribution in [2.75, 3.05) is 14.2 Å². The molecule has 0 aliphatic carbocycles. The normalized spacial score (nSPS) is 14.7. The number of aliphatic hydroxyl groups excluding tert-OH is 1. The van der Waals surface area contributed by atoms with E-state index in [1.54, 1.807) is 24.3 Å². The van der Waals surface area contributed by atoms with Gasteiger partial charge in [-0.3, -0.25) is 9.36 Å². The van der Waals surface area contributed by atoms with Gasteiger partial charge < -0.3 is 19.5 Å². The highest BCUT2D eigenvalue weighted by Gasteiger charge is 2.40. The van der Waals surface area contributed by atoms with Crippen molar-refractivity contribution in [2.24, 2.45) is 0 Å². The molecule has 0 aliphatic heterocycles. The fourth-order valence-corrected chi connectivity index (χ4v) is 3.41. The molecule has 8 heteroatoms. The maximum atomic E-state index is 12.4. The van der Waals surface area contributed by atoms with Gasteiger partial charge in [0, 0.05) is 25.6 Å². The first-order chi connectivity index (χ1) is 9.34. The Morgan fingerprint density at radius 2 is 1.80 bits per heavy atom. The minimum absolute atomic E-state index is 0.444. The number of carbonyl (C=O) groups excluding carboxylic acids is 1. The average molecular weight is 366 g/mol. The maximum absolute atomic E-state index is 12.4. The smallest absolute Gasteiger partial charge is 0.355 e. The third-order valence-electron chi connectivity index (χ3n) is 2.71. The molecule has 6 nitrogen and oxygen atoms in total. The Hall–Kier alpha value is -0.720. The van der Waals surface area contributed by atoms with Crippen LogP contribution in [0.3, 0.4) is 0 Å². The molecule has 0 fully saturated rings. The van der Waals surface area contributed by atoms with Gasteiger partial charge in [0.05, 0.1) is 0 Å². The zero-order valence-corrected chi connectivity index (χ0v) is 13.8. The summed E-state index contributed by atoms with van der Waals surface area (Å²) in [5.41, 5.74) is 0.487. The zero-order chi connectivity index (χ0) is 15.3. The van der Waals surface area contributed by atoms with Gasteiger partial charge in [-0.2, -0.15) is 0 Å². The van der Waals surface area contributed by atoms with Gasteiger partial charge in [0.15, 0.2) is 5.78 Å². The van der Waals surface area contributed by atoms with Crippen LogP contribution in [0.15, 0.2) is 28.7 Å². The Morgan fingerprint density at radius 3 is 2.20 bits per heavy atom. The van der Waals surface area contributed by atoms with Crippen LogP contribution in [0.5, 0.6) is 0 Å². The number of aliphatic hydroxyl groups is 1. The summed E-state index contributed by atoms with van der Waals surface area (Å²) >= 11 is 3.28. The highest BCUT2D eigenvalue weighted by atomic mass is 79.9. The molecular weight excluding hydrogens is 349 g/mol. The summed E-state index contributed by atoms with van der Waals surface area (Å²) in [7, 11) is -1.27. The van der Waals surface area contributed by atoms with Gasteiger partial charge >= 0.3 is 7.60 Å². The minimum atomic E-state index is -3.67. The van der Waals surface area contributed by atoms with Crippen molar-refractivity contribution in [1.29, 1.82) is 0 Å². The first kappa shape index (κ1) is 17.3. The SMILES string of the molecule is COP(=O)(OC)[C@H](NC(C)=O)[C@@H](O)c1ccc(Br)cc1. The molecule has 112 valence electrons. The lowest BCUT2D eigenvalue weighted by molar-refractivity contribution is -0.120. The van der Waals surface area contributed by atoms with E-state index < -0.39 is 25.4 Å². The van der Waals surface area contributed by atoms with Gasteiger partial charge in [0.1, 0.15) is 6.10 Å². The molecule has 0 bridgehead atoms. The predicted octanol–water partition coefficient (Wildman–Crippen LogP) is 2.43. The topological polar surface area (TPSA) is 84.9 Å². The summed E-state index contributed by atoms with van der Waals surface area (Å²) in [6.07, 6.45) is -1.22. The number of rotatable bonds is 6. The van der Waals surface area contributed by atoms with Gasteiger partial charge in [0.2, 0.25) is 5.91 Å². The quantitative estimate of drug-likeness (QED) is 0.756. The standard InChI is InChI=1S/C12H17BrNO5P/c1-8(15)14-12(20(17,18-2)19-3)11(16)9-4-6-10(13)7-5-9/h4-7,11-12,16H,1-3H3,(H,14,15)/t11-,12-/m0/s1. The van der Waals surface area contributed by atoms with E-state index >= 15 is 0 Å². The van der Waals surface area contributed by atoms with Crippen molar-refractivity contribution < 1.29 is 23.5 Å². The van der Waals surface area contributed by atoms with Crippen LogP contribution in [0.4, 0.5) is 0 Å². The number of hydrogen-bond donors (Lipinski definition) is 2. The molecule has 0 aliphatic rings. The number of hydrogen-bond acceptors (Lipinski definition) is 5. The Labute approximate surface area is 126 Å². The van der Waals surface area contributed by atoms with E-state index in [1.165, 1.54) is 21.1 Å². The summed E-state index contributed by atoms with van der Waals surface area (Å²) in [6, 6.07) is 6.76. The van der Waals surface area contributed by atoms with Crippen molar-refractivity contribution >= 4 is 29.4 Å². The van der Waals surface area contributed by atoms with E-state index in [-0.39, 0.29) is 0 Å². The van der Waals surface area contributed by atoms with E-state index in [2.05, 4.69) is 21.2 Å². The van der Waals surface area contributed by atoms with E-state index in [1.807, 2.05) is 0 Å². The van der Waals surface area contributed by atoms with Crippen molar-refractivity contribution in [1.82, 2.24) is 5.32 Å². The lowest BCUT2D eigenvalue weighted by Crippen LogP contribution is -2.38. The third kappa shape index (κ3) is 4.14. The van der Waals surface area contributed by atoms with E-state index in [0.717, 1.165) is 4.47 Å². The number of halogens is 1. The average Bonchev–Trinajstić information content (AvgIpc) is 2.44. The van der Waals surface area contributed by atoms with Crippen molar-refractivity contribution in [3.05, 3.63) is 34.3 Å². The number of carbonyl (C=O) groups is 1. The molecule has 2 atom stereocenters. The molecule has 2 N–H and O–H groups in total. The number of benzene rings is 1. The van der Waals surface area contributed by atoms with Crippen molar-refractivity contribution in [3.63, 3.8) is 0 Å². The first-order valence-electron chi connectivity index (χ1n) is 5.76. The monoisotopic (exact) mass is 365 g/mol. The van der Waals surface area contributed by atoms with Crippen LogP contribution in [-0.2, 0) is 18.4 Å². The Kier molecular flexibility index (Phi) is 6.36. The maximum Gasteiger partial charge on any atom is 0.355 e. The van der Waals surface area contributed by atoms with Gasteiger partial charge in [-0.15, -0.1) is 0 Å². The van der Waals surface area contributed by atoms with Crippen molar-refractivity contribution in [2.45, 2.75) is 18.8 Å². The molecule has 0 saturated heterocycles. The van der Waals surface area contributed by atoms with E-state index in [9.17, 15) is 14.5 Å². The summed E-state index contributed by atoms with van der Waals surface area (Å²) in [6.45, 7) is 1.26. The van der Waals surface area contributed by atoms with Crippen LogP contribution in [0.2, 0.25) is 0 Å². The lowest BCUT2D eigenvalue weighted by Gasteiger charge is -2.28.